The quantitative estimate of drug-likeness (QED) is 0.778. The first-order chi connectivity index (χ1) is 8.24. The maximum Gasteiger partial charge on any atom is 0.162 e. The first-order valence-corrected chi connectivity index (χ1v) is 6.23. The van der Waals surface area contributed by atoms with Crippen molar-refractivity contribution in [2.24, 2.45) is 5.92 Å². The van der Waals surface area contributed by atoms with Crippen LogP contribution in [0.2, 0.25) is 0 Å². The third-order valence-electron chi connectivity index (χ3n) is 3.57. The highest BCUT2D eigenvalue weighted by atomic mass is 16.7. The predicted molar refractivity (Wildman–Crippen MR) is 65.8 cm³/mol. The summed E-state index contributed by atoms with van der Waals surface area (Å²) in [6.45, 7) is 1.81. The molecule has 0 N–H and O–H groups in total. The molecule has 2 aliphatic heterocycles. The van der Waals surface area contributed by atoms with Gasteiger partial charge in [-0.2, -0.15) is 0 Å². The van der Waals surface area contributed by atoms with Crippen LogP contribution in [0.5, 0.6) is 0 Å². The summed E-state index contributed by atoms with van der Waals surface area (Å²) in [7, 11) is 4.20. The van der Waals surface area contributed by atoms with Crippen LogP contribution in [0.25, 0.3) is 0 Å². The molecular formula is C14H19NO2. The molecule has 3 atom stereocenters. The molecule has 3 nitrogen and oxygen atoms in total. The lowest BCUT2D eigenvalue weighted by Crippen LogP contribution is -2.43. The van der Waals surface area contributed by atoms with Gasteiger partial charge in [0.2, 0.25) is 0 Å². The average Bonchev–Trinajstić information content (AvgIpc) is 2.32. The monoisotopic (exact) mass is 233 g/mol. The van der Waals surface area contributed by atoms with Gasteiger partial charge in [0.25, 0.3) is 0 Å². The van der Waals surface area contributed by atoms with E-state index in [0.717, 1.165) is 19.6 Å². The molecule has 1 saturated heterocycles. The van der Waals surface area contributed by atoms with E-state index in [-0.39, 0.29) is 12.4 Å². The van der Waals surface area contributed by atoms with Crippen molar-refractivity contribution in [3.05, 3.63) is 35.4 Å². The van der Waals surface area contributed by atoms with Gasteiger partial charge in [0.15, 0.2) is 6.29 Å². The topological polar surface area (TPSA) is 21.7 Å². The van der Waals surface area contributed by atoms with Crippen molar-refractivity contribution in [2.45, 2.75) is 18.8 Å². The van der Waals surface area contributed by atoms with Crippen LogP contribution in [0, 0.1) is 5.92 Å². The van der Waals surface area contributed by atoms with E-state index in [4.69, 9.17) is 9.47 Å². The van der Waals surface area contributed by atoms with E-state index in [2.05, 4.69) is 43.3 Å². The minimum absolute atomic E-state index is 0.0340. The number of fused-ring (bicyclic) bond motifs is 4. The van der Waals surface area contributed by atoms with Crippen LogP contribution in [0.4, 0.5) is 0 Å². The van der Waals surface area contributed by atoms with Crippen molar-refractivity contribution in [3.8, 4) is 0 Å². The van der Waals surface area contributed by atoms with Gasteiger partial charge in [-0.15, -0.1) is 0 Å². The van der Waals surface area contributed by atoms with Crippen LogP contribution in [0.3, 0.4) is 0 Å². The Bertz CT molecular complexity index is 405. The Kier molecular flexibility index (Phi) is 2.90. The molecule has 3 rings (SSSR count). The summed E-state index contributed by atoms with van der Waals surface area (Å²) in [4.78, 5) is 2.20. The summed E-state index contributed by atoms with van der Waals surface area (Å²) < 4.78 is 11.8. The van der Waals surface area contributed by atoms with Crippen LogP contribution in [-0.4, -0.2) is 38.4 Å². The molecule has 92 valence electrons. The van der Waals surface area contributed by atoms with Crippen LogP contribution >= 0.6 is 0 Å². The first-order valence-electron chi connectivity index (χ1n) is 6.23. The highest BCUT2D eigenvalue weighted by Gasteiger charge is 2.38. The number of nitrogens with zero attached hydrogens (tertiary/aromatic N) is 1. The SMILES string of the molecule is CN(C)C[C@@H]1CO[C@H]2Cc3ccccc3[C@@H]1O2. The summed E-state index contributed by atoms with van der Waals surface area (Å²) in [6, 6.07) is 8.59. The van der Waals surface area contributed by atoms with Crippen molar-refractivity contribution in [3.63, 3.8) is 0 Å². The van der Waals surface area contributed by atoms with Gasteiger partial charge >= 0.3 is 0 Å². The summed E-state index contributed by atoms with van der Waals surface area (Å²) >= 11 is 0. The number of hydrogen-bond acceptors (Lipinski definition) is 3. The van der Waals surface area contributed by atoms with Gasteiger partial charge in [0.05, 0.1) is 12.7 Å². The minimum Gasteiger partial charge on any atom is -0.352 e. The van der Waals surface area contributed by atoms with Gasteiger partial charge in [0.1, 0.15) is 0 Å². The molecule has 3 heteroatoms. The summed E-state index contributed by atoms with van der Waals surface area (Å²) in [5.74, 6) is 0.433. The highest BCUT2D eigenvalue weighted by Crippen LogP contribution is 2.39. The molecule has 1 aromatic carbocycles. The van der Waals surface area contributed by atoms with Crippen molar-refractivity contribution < 1.29 is 9.47 Å². The van der Waals surface area contributed by atoms with Crippen molar-refractivity contribution in [1.29, 1.82) is 0 Å². The Balaban J connectivity index is 1.90. The van der Waals surface area contributed by atoms with E-state index in [1.54, 1.807) is 0 Å². The maximum absolute atomic E-state index is 6.01. The number of ether oxygens (including phenoxy) is 2. The maximum atomic E-state index is 6.01. The van der Waals surface area contributed by atoms with E-state index in [1.165, 1.54) is 11.1 Å². The second-order valence-corrected chi connectivity index (χ2v) is 5.24. The van der Waals surface area contributed by atoms with Gasteiger partial charge in [-0.1, -0.05) is 24.3 Å². The van der Waals surface area contributed by atoms with E-state index in [1.807, 2.05) is 0 Å². The standard InChI is InChI=1S/C14H19NO2/c1-15(2)8-11-9-16-13-7-10-5-3-4-6-12(10)14(11)17-13/h3-6,11,13-14H,7-9H2,1-2H3/t11-,13-,14-/m1/s1. The summed E-state index contributed by atoms with van der Waals surface area (Å²) in [5.41, 5.74) is 2.75. The van der Waals surface area contributed by atoms with Crippen LogP contribution in [0.15, 0.2) is 24.3 Å². The molecule has 1 fully saturated rings. The molecule has 0 aromatic heterocycles. The fraction of sp³-hybridized carbons (Fsp3) is 0.571. The third-order valence-corrected chi connectivity index (χ3v) is 3.57. The molecule has 2 heterocycles. The Morgan fingerprint density at radius 1 is 1.29 bits per heavy atom. The molecule has 0 radical (unpaired) electrons. The molecule has 2 bridgehead atoms. The van der Waals surface area contributed by atoms with Gasteiger partial charge in [-0.05, 0) is 25.2 Å². The molecule has 0 spiro atoms. The van der Waals surface area contributed by atoms with Crippen molar-refractivity contribution in [2.75, 3.05) is 27.2 Å². The second kappa shape index (κ2) is 4.41. The van der Waals surface area contributed by atoms with Crippen molar-refractivity contribution in [1.82, 2.24) is 4.90 Å². The Hall–Kier alpha value is -0.900. The van der Waals surface area contributed by atoms with E-state index in [0.29, 0.717) is 5.92 Å². The lowest BCUT2D eigenvalue weighted by atomic mass is 9.87. The zero-order chi connectivity index (χ0) is 11.8. The van der Waals surface area contributed by atoms with Gasteiger partial charge < -0.3 is 14.4 Å². The Morgan fingerprint density at radius 2 is 2.12 bits per heavy atom. The summed E-state index contributed by atoms with van der Waals surface area (Å²) in [5, 5.41) is 0. The molecule has 17 heavy (non-hydrogen) atoms. The van der Waals surface area contributed by atoms with Crippen LogP contribution < -0.4 is 0 Å². The highest BCUT2D eigenvalue weighted by molar-refractivity contribution is 5.32. The Labute approximate surface area is 102 Å². The zero-order valence-electron chi connectivity index (χ0n) is 10.4. The minimum atomic E-state index is -0.0340. The number of benzene rings is 1. The van der Waals surface area contributed by atoms with Gasteiger partial charge in [0, 0.05) is 18.9 Å². The molecular weight excluding hydrogens is 214 g/mol. The van der Waals surface area contributed by atoms with Crippen molar-refractivity contribution >= 4 is 0 Å². The number of hydrogen-bond donors (Lipinski definition) is 0. The van der Waals surface area contributed by atoms with Crippen LogP contribution in [0.1, 0.15) is 17.2 Å². The van der Waals surface area contributed by atoms with Crippen LogP contribution in [-0.2, 0) is 15.9 Å². The second-order valence-electron chi connectivity index (χ2n) is 5.24. The fourth-order valence-corrected chi connectivity index (χ4v) is 2.86. The molecule has 2 aliphatic rings. The largest absolute Gasteiger partial charge is 0.352 e. The molecule has 0 amide bonds. The fourth-order valence-electron chi connectivity index (χ4n) is 2.86. The van der Waals surface area contributed by atoms with E-state index < -0.39 is 0 Å². The molecule has 0 saturated carbocycles. The molecule has 0 unspecified atom stereocenters. The average molecular weight is 233 g/mol. The van der Waals surface area contributed by atoms with E-state index in [9.17, 15) is 0 Å². The number of rotatable bonds is 2. The van der Waals surface area contributed by atoms with E-state index >= 15 is 0 Å². The van der Waals surface area contributed by atoms with Gasteiger partial charge in [-0.3, -0.25) is 0 Å². The normalized spacial score (nSPS) is 31.4. The predicted octanol–water partition coefficient (Wildman–Crippen LogP) is 1.83. The molecule has 0 aliphatic carbocycles. The zero-order valence-corrected chi connectivity index (χ0v) is 10.4. The Morgan fingerprint density at radius 3 is 2.94 bits per heavy atom. The first kappa shape index (κ1) is 11.2. The summed E-state index contributed by atoms with van der Waals surface area (Å²) in [6.07, 6.45) is 1.07. The molecule has 1 aromatic rings. The smallest absolute Gasteiger partial charge is 0.162 e. The van der Waals surface area contributed by atoms with Gasteiger partial charge in [-0.25, -0.2) is 0 Å². The lowest BCUT2D eigenvalue weighted by molar-refractivity contribution is -0.247. The third kappa shape index (κ3) is 2.10. The lowest BCUT2D eigenvalue weighted by Gasteiger charge is -2.42.